The lowest BCUT2D eigenvalue weighted by molar-refractivity contribution is -0.139. The normalized spacial score (nSPS) is 13.0. The van der Waals surface area contributed by atoms with Crippen LogP contribution >= 0.6 is 15.9 Å². The van der Waals surface area contributed by atoms with Crippen LogP contribution in [-0.4, -0.2) is 55.8 Å². The van der Waals surface area contributed by atoms with Crippen LogP contribution in [0.25, 0.3) is 0 Å². The summed E-state index contributed by atoms with van der Waals surface area (Å²) < 4.78 is 27.1. The number of halogens is 1. The van der Waals surface area contributed by atoms with Crippen molar-refractivity contribution < 1.29 is 22.8 Å². The Bertz CT molecular complexity index is 1190. The highest BCUT2D eigenvalue weighted by Crippen LogP contribution is 2.21. The van der Waals surface area contributed by atoms with Gasteiger partial charge in [-0.1, -0.05) is 47.1 Å². The summed E-state index contributed by atoms with van der Waals surface area (Å²) in [4.78, 5) is 39.6. The molecule has 0 aliphatic rings. The van der Waals surface area contributed by atoms with Crippen LogP contribution in [0.3, 0.4) is 0 Å². The molecule has 2 unspecified atom stereocenters. The highest BCUT2D eigenvalue weighted by atomic mass is 79.9. The first-order chi connectivity index (χ1) is 16.3. The van der Waals surface area contributed by atoms with E-state index in [1.54, 1.807) is 19.1 Å². The van der Waals surface area contributed by atoms with Gasteiger partial charge in [0.15, 0.2) is 5.78 Å². The van der Waals surface area contributed by atoms with Crippen LogP contribution in [0.2, 0.25) is 0 Å². The minimum atomic E-state index is -3.87. The summed E-state index contributed by atoms with van der Waals surface area (Å²) in [5.74, 6) is -1.10. The second-order valence-corrected chi connectivity index (χ2v) is 11.3. The molecule has 1 N–H and O–H groups in total. The van der Waals surface area contributed by atoms with Crippen molar-refractivity contribution in [1.29, 1.82) is 0 Å². The lowest BCUT2D eigenvalue weighted by Gasteiger charge is -2.32. The van der Waals surface area contributed by atoms with E-state index in [-0.39, 0.29) is 30.0 Å². The van der Waals surface area contributed by atoms with E-state index < -0.39 is 28.5 Å². The molecule has 2 rings (SSSR count). The van der Waals surface area contributed by atoms with Crippen molar-refractivity contribution in [3.8, 4) is 0 Å². The molecule has 8 nitrogen and oxygen atoms in total. The standard InChI is InChI=1S/C25H32BrN3O5S/c1-6-17(2)27-25(32)18(3)28(15-20-9-7-11-22(26)13-20)24(31)16-29(35(5,33)34)23-12-8-10-21(14-23)19(4)30/h7-14,17-18H,6,15-16H2,1-5H3,(H,27,32). The van der Waals surface area contributed by atoms with Crippen LogP contribution in [0.5, 0.6) is 0 Å². The van der Waals surface area contributed by atoms with E-state index in [4.69, 9.17) is 0 Å². The Morgan fingerprint density at radius 3 is 2.29 bits per heavy atom. The third-order valence-corrected chi connectivity index (χ3v) is 7.26. The average molecular weight is 567 g/mol. The molecule has 2 amide bonds. The van der Waals surface area contributed by atoms with Crippen molar-refractivity contribution in [2.24, 2.45) is 0 Å². The number of amides is 2. The van der Waals surface area contributed by atoms with Crippen LogP contribution in [0.15, 0.2) is 53.0 Å². The number of Topliss-reactive ketones (excluding diaryl/α,β-unsaturated/α-hetero) is 1. The van der Waals surface area contributed by atoms with Gasteiger partial charge in [-0.3, -0.25) is 18.7 Å². The maximum Gasteiger partial charge on any atom is 0.244 e. The number of carbonyl (C=O) groups excluding carboxylic acids is 3. The summed E-state index contributed by atoms with van der Waals surface area (Å²) in [6.45, 7) is 6.41. The number of hydrogen-bond acceptors (Lipinski definition) is 5. The van der Waals surface area contributed by atoms with Crippen LogP contribution in [0.1, 0.15) is 50.0 Å². The highest BCUT2D eigenvalue weighted by molar-refractivity contribution is 9.10. The molecule has 0 aromatic heterocycles. The first-order valence-electron chi connectivity index (χ1n) is 11.3. The molecular formula is C25H32BrN3O5S. The first-order valence-corrected chi connectivity index (χ1v) is 13.9. The predicted octanol–water partition coefficient (Wildman–Crippen LogP) is 3.75. The molecule has 2 atom stereocenters. The molecule has 0 aliphatic heterocycles. The fraction of sp³-hybridized carbons (Fsp3) is 0.400. The number of sulfonamides is 1. The van der Waals surface area contributed by atoms with E-state index >= 15 is 0 Å². The van der Waals surface area contributed by atoms with Crippen molar-refractivity contribution in [2.75, 3.05) is 17.1 Å². The number of nitrogens with one attached hydrogen (secondary N) is 1. The van der Waals surface area contributed by atoms with Crippen molar-refractivity contribution in [3.05, 3.63) is 64.1 Å². The number of hydrogen-bond donors (Lipinski definition) is 1. The Kier molecular flexibility index (Phi) is 10.0. The third kappa shape index (κ3) is 8.17. The number of rotatable bonds is 11. The maximum absolute atomic E-state index is 13.5. The monoisotopic (exact) mass is 565 g/mol. The SMILES string of the molecule is CCC(C)NC(=O)C(C)N(Cc1cccc(Br)c1)C(=O)CN(c1cccc(C(C)=O)c1)S(C)(=O)=O. The second-order valence-electron chi connectivity index (χ2n) is 8.52. The number of carbonyl (C=O) groups is 3. The van der Waals surface area contributed by atoms with Gasteiger partial charge in [-0.2, -0.15) is 0 Å². The number of nitrogens with zero attached hydrogens (tertiary/aromatic N) is 2. The molecule has 0 heterocycles. The Morgan fingerprint density at radius 2 is 1.71 bits per heavy atom. The van der Waals surface area contributed by atoms with Crippen LogP contribution in [0, 0.1) is 0 Å². The number of ketones is 1. The summed E-state index contributed by atoms with van der Waals surface area (Å²) >= 11 is 3.41. The maximum atomic E-state index is 13.5. The van der Waals surface area contributed by atoms with Crippen molar-refractivity contribution in [1.82, 2.24) is 10.2 Å². The Balaban J connectivity index is 2.43. The quantitative estimate of drug-likeness (QED) is 0.418. The Hall–Kier alpha value is -2.72. The Labute approximate surface area is 215 Å². The molecule has 10 heteroatoms. The zero-order chi connectivity index (χ0) is 26.3. The van der Waals surface area contributed by atoms with Crippen molar-refractivity contribution in [2.45, 2.75) is 52.7 Å². The molecular weight excluding hydrogens is 534 g/mol. The van der Waals surface area contributed by atoms with Gasteiger partial charge in [0.2, 0.25) is 21.8 Å². The Morgan fingerprint density at radius 1 is 1.06 bits per heavy atom. The van der Waals surface area contributed by atoms with Gasteiger partial charge in [-0.05, 0) is 57.0 Å². The average Bonchev–Trinajstić information content (AvgIpc) is 2.79. The highest BCUT2D eigenvalue weighted by Gasteiger charge is 2.30. The topological polar surface area (TPSA) is 104 Å². The summed E-state index contributed by atoms with van der Waals surface area (Å²) in [6.07, 6.45) is 1.73. The van der Waals surface area contributed by atoms with Gasteiger partial charge in [0, 0.05) is 22.6 Å². The van der Waals surface area contributed by atoms with Gasteiger partial charge in [-0.15, -0.1) is 0 Å². The van der Waals surface area contributed by atoms with Gasteiger partial charge in [-0.25, -0.2) is 8.42 Å². The molecule has 0 spiro atoms. The molecule has 2 aromatic carbocycles. The predicted molar refractivity (Wildman–Crippen MR) is 141 cm³/mol. The fourth-order valence-electron chi connectivity index (χ4n) is 3.37. The number of anilines is 1. The minimum absolute atomic E-state index is 0.0744. The molecule has 0 radical (unpaired) electrons. The largest absolute Gasteiger partial charge is 0.352 e. The lowest BCUT2D eigenvalue weighted by Crippen LogP contribution is -2.52. The van der Waals surface area contributed by atoms with E-state index in [0.29, 0.717) is 5.56 Å². The van der Waals surface area contributed by atoms with E-state index in [1.807, 2.05) is 38.1 Å². The zero-order valence-electron chi connectivity index (χ0n) is 20.6. The van der Waals surface area contributed by atoms with Crippen LogP contribution in [0.4, 0.5) is 5.69 Å². The van der Waals surface area contributed by atoms with E-state index in [0.717, 1.165) is 27.0 Å². The third-order valence-electron chi connectivity index (χ3n) is 5.63. The lowest BCUT2D eigenvalue weighted by atomic mass is 10.1. The van der Waals surface area contributed by atoms with Gasteiger partial charge >= 0.3 is 0 Å². The van der Waals surface area contributed by atoms with Gasteiger partial charge in [0.25, 0.3) is 0 Å². The molecule has 2 aromatic rings. The van der Waals surface area contributed by atoms with Crippen molar-refractivity contribution >= 4 is 49.2 Å². The van der Waals surface area contributed by atoms with E-state index in [2.05, 4.69) is 21.2 Å². The summed E-state index contributed by atoms with van der Waals surface area (Å²) in [5.41, 5.74) is 1.31. The van der Waals surface area contributed by atoms with Crippen LogP contribution < -0.4 is 9.62 Å². The molecule has 0 aliphatic carbocycles. The molecule has 190 valence electrons. The zero-order valence-corrected chi connectivity index (χ0v) is 23.0. The minimum Gasteiger partial charge on any atom is -0.352 e. The fourth-order valence-corrected chi connectivity index (χ4v) is 4.66. The van der Waals surface area contributed by atoms with E-state index in [9.17, 15) is 22.8 Å². The molecule has 0 fully saturated rings. The van der Waals surface area contributed by atoms with E-state index in [1.165, 1.54) is 24.0 Å². The van der Waals surface area contributed by atoms with Crippen LogP contribution in [-0.2, 0) is 26.2 Å². The van der Waals surface area contributed by atoms with Gasteiger partial charge < -0.3 is 10.2 Å². The summed E-state index contributed by atoms with van der Waals surface area (Å²) in [5, 5.41) is 2.89. The smallest absolute Gasteiger partial charge is 0.244 e. The van der Waals surface area contributed by atoms with Gasteiger partial charge in [0.1, 0.15) is 12.6 Å². The van der Waals surface area contributed by atoms with Crippen molar-refractivity contribution in [3.63, 3.8) is 0 Å². The summed E-state index contributed by atoms with van der Waals surface area (Å²) in [7, 11) is -3.87. The molecule has 0 saturated carbocycles. The molecule has 35 heavy (non-hydrogen) atoms. The molecule has 0 saturated heterocycles. The summed E-state index contributed by atoms with van der Waals surface area (Å²) in [6, 6.07) is 12.5. The first kappa shape index (κ1) is 28.5. The second kappa shape index (κ2) is 12.3. The molecule has 0 bridgehead atoms. The number of benzene rings is 2. The van der Waals surface area contributed by atoms with Gasteiger partial charge in [0.05, 0.1) is 11.9 Å².